The van der Waals surface area contributed by atoms with Crippen molar-refractivity contribution in [3.63, 3.8) is 0 Å². The van der Waals surface area contributed by atoms with E-state index in [0.29, 0.717) is 9.90 Å². The number of thiazole rings is 1. The molecule has 7 nitrogen and oxygen atoms in total. The smallest absolute Gasteiger partial charge is 0.222 e. The largest absolute Gasteiger partial charge is 0.506 e. The number of phenolic OH excluding ortho intramolecular Hbond substituents is 1. The number of hydrogen-bond donors (Lipinski definition) is 3. The maximum absolute atomic E-state index is 12.3. The van der Waals surface area contributed by atoms with E-state index in [0.717, 1.165) is 10.6 Å². The minimum Gasteiger partial charge on any atom is -0.506 e. The summed E-state index contributed by atoms with van der Waals surface area (Å²) in [5, 5.41) is 12.2. The second-order valence-electron chi connectivity index (χ2n) is 5.26. The Balaban J connectivity index is 2.05. The molecule has 25 heavy (non-hydrogen) atoms. The molecular weight excluding hydrogens is 362 g/mol. The van der Waals surface area contributed by atoms with Crippen LogP contribution in [0.1, 0.15) is 27.9 Å². The Morgan fingerprint density at radius 2 is 2.08 bits per heavy atom. The molecule has 0 bridgehead atoms. The van der Waals surface area contributed by atoms with Gasteiger partial charge >= 0.3 is 0 Å². The average molecular weight is 379 g/mol. The fourth-order valence-corrected chi connectivity index (χ4v) is 4.13. The number of carbonyl (C=O) groups excluding carboxylic acids is 3. The van der Waals surface area contributed by atoms with Gasteiger partial charge in [-0.25, -0.2) is 4.98 Å². The van der Waals surface area contributed by atoms with Crippen LogP contribution >= 0.6 is 23.1 Å². The molecule has 9 heteroatoms. The summed E-state index contributed by atoms with van der Waals surface area (Å²) in [5.74, 6) is -0.886. The average Bonchev–Trinajstić information content (AvgIpc) is 2.86. The second-order valence-corrected chi connectivity index (χ2v) is 7.56. The zero-order chi connectivity index (χ0) is 18.6. The van der Waals surface area contributed by atoms with E-state index in [1.54, 1.807) is 6.92 Å². The lowest BCUT2D eigenvalue weighted by Gasteiger charge is -2.07. The Morgan fingerprint density at radius 3 is 2.72 bits per heavy atom. The van der Waals surface area contributed by atoms with Gasteiger partial charge in [-0.2, -0.15) is 0 Å². The highest BCUT2D eigenvalue weighted by atomic mass is 32.2. The van der Waals surface area contributed by atoms with Crippen LogP contribution in [-0.4, -0.2) is 33.4 Å². The van der Waals surface area contributed by atoms with Crippen LogP contribution in [0, 0.1) is 6.92 Å². The number of Topliss-reactive ketones (excluding diaryl/α,β-unsaturated/α-hetero) is 1. The molecule has 0 radical (unpaired) electrons. The Bertz CT molecular complexity index is 833. The number of rotatable bonds is 7. The number of phenols is 1. The molecule has 0 unspecified atom stereocenters. The first kappa shape index (κ1) is 18.9. The second kappa shape index (κ2) is 8.13. The summed E-state index contributed by atoms with van der Waals surface area (Å²) in [6.45, 7) is 3.11. The third-order valence-electron chi connectivity index (χ3n) is 3.16. The predicted molar refractivity (Wildman–Crippen MR) is 97.2 cm³/mol. The van der Waals surface area contributed by atoms with E-state index in [1.807, 2.05) is 0 Å². The summed E-state index contributed by atoms with van der Waals surface area (Å²) in [6, 6.07) is 4.29. The third-order valence-corrected chi connectivity index (χ3v) is 5.46. The molecule has 0 saturated heterocycles. The van der Waals surface area contributed by atoms with Crippen LogP contribution in [-0.2, 0) is 16.0 Å². The summed E-state index contributed by atoms with van der Waals surface area (Å²) in [5.41, 5.74) is 6.49. The van der Waals surface area contributed by atoms with Gasteiger partial charge in [-0.3, -0.25) is 14.4 Å². The minimum absolute atomic E-state index is 0.106. The quantitative estimate of drug-likeness (QED) is 0.385. The number of nitrogens with one attached hydrogen (secondary N) is 1. The van der Waals surface area contributed by atoms with Crippen molar-refractivity contribution < 1.29 is 19.5 Å². The van der Waals surface area contributed by atoms with Crippen molar-refractivity contribution >= 4 is 46.4 Å². The van der Waals surface area contributed by atoms with Crippen LogP contribution in [0.4, 0.5) is 5.69 Å². The van der Waals surface area contributed by atoms with Gasteiger partial charge in [0.25, 0.3) is 0 Å². The number of carbonyl (C=O) groups is 3. The van der Waals surface area contributed by atoms with E-state index in [-0.39, 0.29) is 35.3 Å². The number of benzene rings is 1. The number of amides is 2. The lowest BCUT2D eigenvalue weighted by atomic mass is 10.1. The van der Waals surface area contributed by atoms with Gasteiger partial charge in [-0.15, -0.1) is 11.3 Å². The van der Waals surface area contributed by atoms with Crippen LogP contribution in [0.25, 0.3) is 0 Å². The lowest BCUT2D eigenvalue weighted by molar-refractivity contribution is -0.117. The molecule has 132 valence electrons. The van der Waals surface area contributed by atoms with Crippen molar-refractivity contribution in [1.82, 2.24) is 4.98 Å². The number of aromatic nitrogens is 1. The molecule has 0 spiro atoms. The van der Waals surface area contributed by atoms with Gasteiger partial charge in [0.1, 0.15) is 5.75 Å². The Labute approximate surface area is 152 Å². The van der Waals surface area contributed by atoms with E-state index in [2.05, 4.69) is 10.3 Å². The van der Waals surface area contributed by atoms with Crippen molar-refractivity contribution in [3.05, 3.63) is 34.3 Å². The fraction of sp³-hybridized carbons (Fsp3) is 0.250. The lowest BCUT2D eigenvalue weighted by Crippen LogP contribution is -2.13. The van der Waals surface area contributed by atoms with Crippen LogP contribution in [0.2, 0.25) is 0 Å². The number of aromatic hydroxyl groups is 1. The normalized spacial score (nSPS) is 10.5. The molecule has 0 aliphatic rings. The van der Waals surface area contributed by atoms with Crippen molar-refractivity contribution in [3.8, 4) is 5.75 Å². The molecule has 2 aromatic rings. The SMILES string of the molecule is CC(=O)Nc1cc(C(=O)CSc2nc(C)c(CC(N)=O)s2)ccc1O. The van der Waals surface area contributed by atoms with Gasteiger partial charge in [-0.05, 0) is 25.1 Å². The number of hydrogen-bond acceptors (Lipinski definition) is 7. The van der Waals surface area contributed by atoms with E-state index < -0.39 is 5.91 Å². The first-order chi connectivity index (χ1) is 11.8. The molecule has 4 N–H and O–H groups in total. The van der Waals surface area contributed by atoms with Gasteiger partial charge < -0.3 is 16.2 Å². The van der Waals surface area contributed by atoms with Crippen molar-refractivity contribution in [2.24, 2.45) is 5.73 Å². The highest BCUT2D eigenvalue weighted by Crippen LogP contribution is 2.29. The minimum atomic E-state index is -0.422. The number of ketones is 1. The third kappa shape index (κ3) is 5.30. The molecule has 0 saturated carbocycles. The molecule has 1 aromatic heterocycles. The molecule has 0 aliphatic heterocycles. The number of nitrogens with zero attached hydrogens (tertiary/aromatic N) is 1. The standard InChI is InChI=1S/C16H17N3O4S2/c1-8-14(6-15(17)23)25-16(18-8)24-7-13(22)10-3-4-12(21)11(5-10)19-9(2)20/h3-5,21H,6-7H2,1-2H3,(H2,17,23)(H,19,20). The molecular formula is C16H17N3O4S2. The van der Waals surface area contributed by atoms with Gasteiger partial charge in [-0.1, -0.05) is 11.8 Å². The van der Waals surface area contributed by atoms with E-state index in [1.165, 1.54) is 48.2 Å². The highest BCUT2D eigenvalue weighted by molar-refractivity contribution is 8.01. The molecule has 0 aliphatic carbocycles. The Hall–Kier alpha value is -2.39. The molecule has 2 rings (SSSR count). The first-order valence-corrected chi connectivity index (χ1v) is 9.07. The summed E-state index contributed by atoms with van der Waals surface area (Å²) >= 11 is 2.61. The van der Waals surface area contributed by atoms with Gasteiger partial charge in [0, 0.05) is 17.4 Å². The van der Waals surface area contributed by atoms with Crippen LogP contribution < -0.4 is 11.1 Å². The Kier molecular flexibility index (Phi) is 6.16. The summed E-state index contributed by atoms with van der Waals surface area (Å²) < 4.78 is 0.683. The van der Waals surface area contributed by atoms with Crippen LogP contribution in [0.15, 0.2) is 22.5 Å². The number of thioether (sulfide) groups is 1. The molecule has 0 atom stereocenters. The number of anilines is 1. The van der Waals surface area contributed by atoms with Gasteiger partial charge in [0.05, 0.1) is 23.6 Å². The zero-order valence-electron chi connectivity index (χ0n) is 13.7. The zero-order valence-corrected chi connectivity index (χ0v) is 15.3. The molecule has 1 aromatic carbocycles. The molecule has 2 amide bonds. The van der Waals surface area contributed by atoms with Crippen LogP contribution in [0.3, 0.4) is 0 Å². The number of primary amides is 1. The first-order valence-electron chi connectivity index (χ1n) is 7.27. The molecule has 1 heterocycles. The maximum Gasteiger partial charge on any atom is 0.222 e. The summed E-state index contributed by atoms with van der Waals surface area (Å²) in [7, 11) is 0. The monoisotopic (exact) mass is 379 g/mol. The topological polar surface area (TPSA) is 122 Å². The van der Waals surface area contributed by atoms with Crippen molar-refractivity contribution in [2.75, 3.05) is 11.1 Å². The predicted octanol–water partition coefficient (Wildman–Crippen LogP) is 2.12. The van der Waals surface area contributed by atoms with Crippen LogP contribution in [0.5, 0.6) is 5.75 Å². The van der Waals surface area contributed by atoms with Crippen molar-refractivity contribution in [2.45, 2.75) is 24.6 Å². The van der Waals surface area contributed by atoms with E-state index in [9.17, 15) is 19.5 Å². The van der Waals surface area contributed by atoms with Gasteiger partial charge in [0.15, 0.2) is 10.1 Å². The van der Waals surface area contributed by atoms with Gasteiger partial charge in [0.2, 0.25) is 11.8 Å². The number of aryl methyl sites for hydroxylation is 1. The maximum atomic E-state index is 12.3. The Morgan fingerprint density at radius 1 is 1.36 bits per heavy atom. The van der Waals surface area contributed by atoms with E-state index >= 15 is 0 Å². The summed E-state index contributed by atoms with van der Waals surface area (Å²) in [4.78, 5) is 39.6. The van der Waals surface area contributed by atoms with Crippen molar-refractivity contribution in [1.29, 1.82) is 0 Å². The number of nitrogens with two attached hydrogens (primary N) is 1. The fourth-order valence-electron chi connectivity index (χ4n) is 2.00. The highest BCUT2D eigenvalue weighted by Gasteiger charge is 2.14. The summed E-state index contributed by atoms with van der Waals surface area (Å²) in [6.07, 6.45) is 0.135. The van der Waals surface area contributed by atoms with E-state index in [4.69, 9.17) is 5.73 Å². The molecule has 0 fully saturated rings.